The van der Waals surface area contributed by atoms with Crippen LogP contribution < -0.4 is 4.74 Å². The van der Waals surface area contributed by atoms with Gasteiger partial charge in [-0.3, -0.25) is 0 Å². The van der Waals surface area contributed by atoms with Crippen LogP contribution in [-0.4, -0.2) is 17.2 Å². The van der Waals surface area contributed by atoms with Gasteiger partial charge in [0.25, 0.3) is 0 Å². The van der Waals surface area contributed by atoms with E-state index in [-0.39, 0.29) is 10.8 Å². The number of nitrogens with zero attached hydrogens (tertiary/aromatic N) is 1. The molecule has 0 fully saturated rings. The fourth-order valence-corrected chi connectivity index (χ4v) is 2.72. The van der Waals surface area contributed by atoms with Crippen molar-refractivity contribution in [2.45, 2.75) is 0 Å². The van der Waals surface area contributed by atoms with Crippen LogP contribution in [0.4, 0.5) is 0 Å². The molecule has 0 aliphatic rings. The van der Waals surface area contributed by atoms with Crippen LogP contribution in [0.5, 0.6) is 11.5 Å². The van der Waals surface area contributed by atoms with E-state index in [0.717, 1.165) is 11.3 Å². The molecule has 3 rings (SSSR count). The van der Waals surface area contributed by atoms with Crippen molar-refractivity contribution in [1.82, 2.24) is 4.98 Å². The van der Waals surface area contributed by atoms with Gasteiger partial charge in [0.05, 0.1) is 22.8 Å². The number of fused-ring (bicyclic) bond motifs is 1. The molecule has 0 bridgehead atoms. The average molecular weight is 346 g/mol. The molecule has 0 spiro atoms. The molecule has 1 heterocycles. The highest BCUT2D eigenvalue weighted by Gasteiger charge is 2.10. The van der Waals surface area contributed by atoms with E-state index >= 15 is 0 Å². The van der Waals surface area contributed by atoms with Gasteiger partial charge in [0.15, 0.2) is 5.75 Å². The lowest BCUT2D eigenvalue weighted by Gasteiger charge is -2.05. The van der Waals surface area contributed by atoms with Crippen LogP contribution in [0.2, 0.25) is 10.0 Å². The van der Waals surface area contributed by atoms with Crippen molar-refractivity contribution in [2.24, 2.45) is 0 Å². The van der Waals surface area contributed by atoms with Crippen LogP contribution in [0.15, 0.2) is 42.5 Å². The fourth-order valence-electron chi connectivity index (χ4n) is 2.21. The summed E-state index contributed by atoms with van der Waals surface area (Å²) in [4.78, 5) is 4.41. The number of phenols is 1. The van der Waals surface area contributed by atoms with Crippen molar-refractivity contribution >= 4 is 46.3 Å². The summed E-state index contributed by atoms with van der Waals surface area (Å²) in [5.74, 6) is 0.742. The van der Waals surface area contributed by atoms with Crippen LogP contribution >= 0.6 is 23.2 Å². The first-order valence-corrected chi connectivity index (χ1v) is 7.64. The summed E-state index contributed by atoms with van der Waals surface area (Å²) < 4.78 is 5.13. The Morgan fingerprint density at radius 1 is 1.00 bits per heavy atom. The Balaban J connectivity index is 1.96. The Hall–Kier alpha value is -2.23. The summed E-state index contributed by atoms with van der Waals surface area (Å²) in [6, 6.07) is 12.8. The second-order valence-corrected chi connectivity index (χ2v) is 5.74. The molecule has 116 valence electrons. The number of aromatic hydroxyl groups is 1. The molecule has 1 aromatic heterocycles. The molecule has 3 aromatic rings. The Labute approximate surface area is 143 Å². The maximum atomic E-state index is 10.1. The molecule has 0 radical (unpaired) electrons. The minimum absolute atomic E-state index is 0.0641. The number of phenolic OH excluding ortho intramolecular Hbond substituents is 1. The van der Waals surface area contributed by atoms with Gasteiger partial charge >= 0.3 is 0 Å². The second-order valence-electron chi connectivity index (χ2n) is 4.93. The van der Waals surface area contributed by atoms with Crippen molar-refractivity contribution in [3.63, 3.8) is 0 Å². The summed E-state index contributed by atoms with van der Waals surface area (Å²) in [5, 5.41) is 11.4. The third-order valence-corrected chi connectivity index (χ3v) is 4.04. The number of pyridine rings is 1. The number of aromatic nitrogens is 1. The standard InChI is InChI=1S/C18H13Cl2NO2/c1-23-13-7-3-11(4-8-13)2-5-12-6-9-14-15(19)10-16(20)18(22)17(14)21-12/h2-10,22H,1H3. The molecule has 1 N–H and O–H groups in total. The van der Waals surface area contributed by atoms with Crippen molar-refractivity contribution in [2.75, 3.05) is 7.11 Å². The van der Waals surface area contributed by atoms with E-state index in [1.54, 1.807) is 7.11 Å². The van der Waals surface area contributed by atoms with Gasteiger partial charge in [-0.2, -0.15) is 0 Å². The van der Waals surface area contributed by atoms with Crippen molar-refractivity contribution in [3.8, 4) is 11.5 Å². The molecule has 0 atom stereocenters. The highest BCUT2D eigenvalue weighted by Crippen LogP contribution is 2.36. The highest BCUT2D eigenvalue weighted by atomic mass is 35.5. The molecular formula is C18H13Cl2NO2. The van der Waals surface area contributed by atoms with Gasteiger partial charge in [-0.05, 0) is 42.0 Å². The number of methoxy groups -OCH3 is 1. The summed E-state index contributed by atoms with van der Waals surface area (Å²) in [7, 11) is 1.63. The number of hydrogen-bond acceptors (Lipinski definition) is 3. The molecule has 0 aliphatic carbocycles. The van der Waals surface area contributed by atoms with Crippen LogP contribution in [0.3, 0.4) is 0 Å². The van der Waals surface area contributed by atoms with E-state index in [1.165, 1.54) is 6.07 Å². The maximum Gasteiger partial charge on any atom is 0.160 e. The lowest BCUT2D eigenvalue weighted by atomic mass is 10.1. The number of halogens is 2. The van der Waals surface area contributed by atoms with Gasteiger partial charge < -0.3 is 9.84 Å². The topological polar surface area (TPSA) is 42.4 Å². The lowest BCUT2D eigenvalue weighted by molar-refractivity contribution is 0.415. The Kier molecular flexibility index (Phi) is 4.42. The highest BCUT2D eigenvalue weighted by molar-refractivity contribution is 6.39. The van der Waals surface area contributed by atoms with E-state index in [4.69, 9.17) is 27.9 Å². The first kappa shape index (κ1) is 15.7. The Morgan fingerprint density at radius 2 is 1.74 bits per heavy atom. The van der Waals surface area contributed by atoms with Gasteiger partial charge in [-0.1, -0.05) is 41.4 Å². The summed E-state index contributed by atoms with van der Waals surface area (Å²) in [6.45, 7) is 0. The third kappa shape index (κ3) is 3.26. The van der Waals surface area contributed by atoms with Gasteiger partial charge in [0, 0.05) is 5.39 Å². The number of benzene rings is 2. The fraction of sp³-hybridized carbons (Fsp3) is 0.0556. The first-order chi connectivity index (χ1) is 11.1. The first-order valence-electron chi connectivity index (χ1n) is 6.88. The van der Waals surface area contributed by atoms with Crippen molar-refractivity contribution in [1.29, 1.82) is 0 Å². The third-order valence-electron chi connectivity index (χ3n) is 3.44. The van der Waals surface area contributed by atoms with E-state index in [9.17, 15) is 5.11 Å². The monoisotopic (exact) mass is 345 g/mol. The van der Waals surface area contributed by atoms with Crippen molar-refractivity contribution < 1.29 is 9.84 Å². The van der Waals surface area contributed by atoms with Crippen LogP contribution in [-0.2, 0) is 0 Å². The normalized spacial score (nSPS) is 11.3. The zero-order valence-electron chi connectivity index (χ0n) is 12.3. The number of rotatable bonds is 3. The lowest BCUT2D eigenvalue weighted by Crippen LogP contribution is -1.86. The predicted octanol–water partition coefficient (Wildman–Crippen LogP) is 5.43. The van der Waals surface area contributed by atoms with Crippen LogP contribution in [0.1, 0.15) is 11.3 Å². The van der Waals surface area contributed by atoms with Gasteiger partial charge in [0.2, 0.25) is 0 Å². The molecule has 0 saturated heterocycles. The van der Waals surface area contributed by atoms with Gasteiger partial charge in [-0.25, -0.2) is 4.98 Å². The molecule has 0 unspecified atom stereocenters. The average Bonchev–Trinajstić information content (AvgIpc) is 2.58. The number of ether oxygens (including phenoxy) is 1. The Morgan fingerprint density at radius 3 is 2.43 bits per heavy atom. The van der Waals surface area contributed by atoms with E-state index in [1.807, 2.05) is 48.6 Å². The molecule has 0 amide bonds. The molecule has 0 aliphatic heterocycles. The van der Waals surface area contributed by atoms with Gasteiger partial charge in [-0.15, -0.1) is 0 Å². The Bertz CT molecular complexity index is 890. The minimum Gasteiger partial charge on any atom is -0.504 e. The molecule has 0 saturated carbocycles. The van der Waals surface area contributed by atoms with Crippen LogP contribution in [0.25, 0.3) is 23.1 Å². The minimum atomic E-state index is -0.0641. The summed E-state index contributed by atoms with van der Waals surface area (Å²) in [6.07, 6.45) is 3.78. The zero-order valence-corrected chi connectivity index (χ0v) is 13.8. The smallest absolute Gasteiger partial charge is 0.160 e. The number of hydrogen-bond donors (Lipinski definition) is 1. The van der Waals surface area contributed by atoms with E-state index in [0.29, 0.717) is 21.6 Å². The predicted molar refractivity (Wildman–Crippen MR) is 95.3 cm³/mol. The largest absolute Gasteiger partial charge is 0.504 e. The second kappa shape index (κ2) is 6.49. The van der Waals surface area contributed by atoms with Crippen LogP contribution in [0, 0.1) is 0 Å². The van der Waals surface area contributed by atoms with E-state index < -0.39 is 0 Å². The molecule has 2 aromatic carbocycles. The summed E-state index contributed by atoms with van der Waals surface area (Å²) in [5.41, 5.74) is 2.10. The van der Waals surface area contributed by atoms with E-state index in [2.05, 4.69) is 4.98 Å². The zero-order chi connectivity index (χ0) is 16.4. The maximum absolute atomic E-state index is 10.1. The van der Waals surface area contributed by atoms with Crippen molar-refractivity contribution in [3.05, 3.63) is 63.8 Å². The molecule has 5 heteroatoms. The molecular weight excluding hydrogens is 333 g/mol. The summed E-state index contributed by atoms with van der Waals surface area (Å²) >= 11 is 12.1. The quantitative estimate of drug-likeness (QED) is 0.688. The SMILES string of the molecule is COc1ccc(C=Cc2ccc3c(Cl)cc(Cl)c(O)c3n2)cc1. The molecule has 3 nitrogen and oxygen atoms in total. The molecule has 23 heavy (non-hydrogen) atoms. The van der Waals surface area contributed by atoms with Gasteiger partial charge in [0.1, 0.15) is 11.3 Å².